The van der Waals surface area contributed by atoms with E-state index in [2.05, 4.69) is 33.1 Å². The fraction of sp³-hybridized carbons (Fsp3) is 0.833. The minimum absolute atomic E-state index is 0.767. The molecule has 0 aliphatic heterocycles. The van der Waals surface area contributed by atoms with Gasteiger partial charge in [0.2, 0.25) is 0 Å². The van der Waals surface area contributed by atoms with E-state index >= 15 is 0 Å². The van der Waals surface area contributed by atoms with E-state index in [1.54, 1.807) is 0 Å². The molecular formula is C12H19N. The molecule has 4 bridgehead atoms. The fourth-order valence-electron chi connectivity index (χ4n) is 4.15. The first-order valence-corrected chi connectivity index (χ1v) is 5.59. The summed E-state index contributed by atoms with van der Waals surface area (Å²) in [7, 11) is 2.13. The molecule has 0 heterocycles. The van der Waals surface area contributed by atoms with Crippen LogP contribution >= 0.6 is 0 Å². The summed E-state index contributed by atoms with van der Waals surface area (Å²) in [6.07, 6.45) is 0. The van der Waals surface area contributed by atoms with Crippen molar-refractivity contribution < 1.29 is 0 Å². The molecule has 5 aliphatic rings. The van der Waals surface area contributed by atoms with Crippen LogP contribution in [0.4, 0.5) is 0 Å². The number of rotatable bonds is 1. The quantitative estimate of drug-likeness (QED) is 0.604. The summed E-state index contributed by atoms with van der Waals surface area (Å²) in [5.74, 6) is 4.53. The summed E-state index contributed by atoms with van der Waals surface area (Å²) >= 11 is 0. The molecule has 0 aromatic rings. The molecule has 0 amide bonds. The van der Waals surface area contributed by atoms with E-state index in [1.807, 2.05) is 11.1 Å². The zero-order valence-electron chi connectivity index (χ0n) is 8.96. The van der Waals surface area contributed by atoms with Gasteiger partial charge < -0.3 is 5.32 Å². The van der Waals surface area contributed by atoms with Gasteiger partial charge >= 0.3 is 0 Å². The van der Waals surface area contributed by atoms with Gasteiger partial charge in [-0.25, -0.2) is 0 Å². The largest absolute Gasteiger partial charge is 0.316 e. The standard InChI is InChI=1S/C12H19N/c1-5-6(2)12(13-4)11-9-7(3)10(11)8(5)9/h5-7,9,11-13H,1-4H3. The molecule has 0 spiro atoms. The van der Waals surface area contributed by atoms with Crippen molar-refractivity contribution in [1.82, 2.24) is 5.32 Å². The molecule has 0 aromatic heterocycles. The van der Waals surface area contributed by atoms with Crippen LogP contribution in [0.3, 0.4) is 0 Å². The minimum atomic E-state index is 0.767. The summed E-state index contributed by atoms with van der Waals surface area (Å²) in [5, 5.41) is 3.52. The SMILES string of the molecule is CNC1C(C)C(C)C2=C3C(C)C2C31. The zero-order valence-corrected chi connectivity index (χ0v) is 8.96. The summed E-state index contributed by atoms with van der Waals surface area (Å²) < 4.78 is 0. The van der Waals surface area contributed by atoms with Gasteiger partial charge in [0, 0.05) is 12.0 Å². The molecule has 1 nitrogen and oxygen atoms in total. The maximum Gasteiger partial charge on any atom is 0.0167 e. The summed E-state index contributed by atoms with van der Waals surface area (Å²) in [6.45, 7) is 7.22. The summed E-state index contributed by atoms with van der Waals surface area (Å²) in [6, 6.07) is 0.767. The van der Waals surface area contributed by atoms with Crippen molar-refractivity contribution in [2.75, 3.05) is 7.05 Å². The monoisotopic (exact) mass is 177 g/mol. The van der Waals surface area contributed by atoms with E-state index < -0.39 is 0 Å². The van der Waals surface area contributed by atoms with E-state index in [-0.39, 0.29) is 0 Å². The highest BCUT2D eigenvalue weighted by molar-refractivity contribution is 5.52. The maximum absolute atomic E-state index is 3.52. The lowest BCUT2D eigenvalue weighted by atomic mass is 9.37. The Morgan fingerprint density at radius 1 is 0.923 bits per heavy atom. The first-order chi connectivity index (χ1) is 6.18. The van der Waals surface area contributed by atoms with Crippen LogP contribution in [0.15, 0.2) is 11.1 Å². The highest BCUT2D eigenvalue weighted by atomic mass is 14.9. The molecule has 5 aliphatic carbocycles. The normalized spacial score (nSPS) is 57.2. The van der Waals surface area contributed by atoms with Crippen molar-refractivity contribution in [3.8, 4) is 0 Å². The van der Waals surface area contributed by atoms with Gasteiger partial charge in [-0.3, -0.25) is 0 Å². The van der Waals surface area contributed by atoms with Gasteiger partial charge in [0.15, 0.2) is 0 Å². The first kappa shape index (κ1) is 8.05. The Kier molecular flexibility index (Phi) is 1.36. The third kappa shape index (κ3) is 0.633. The Balaban J connectivity index is 1.97. The van der Waals surface area contributed by atoms with Crippen LogP contribution in [-0.4, -0.2) is 13.1 Å². The van der Waals surface area contributed by atoms with Crippen LogP contribution in [0.25, 0.3) is 0 Å². The van der Waals surface area contributed by atoms with Crippen LogP contribution in [0.1, 0.15) is 20.8 Å². The fourth-order valence-corrected chi connectivity index (χ4v) is 4.15. The molecule has 2 saturated carbocycles. The van der Waals surface area contributed by atoms with E-state index in [9.17, 15) is 0 Å². The Morgan fingerprint density at radius 3 is 2.00 bits per heavy atom. The Hall–Kier alpha value is -0.300. The van der Waals surface area contributed by atoms with E-state index in [0.29, 0.717) is 0 Å². The minimum Gasteiger partial charge on any atom is -0.316 e. The average molecular weight is 177 g/mol. The van der Waals surface area contributed by atoms with Crippen LogP contribution in [0.2, 0.25) is 0 Å². The van der Waals surface area contributed by atoms with Crippen LogP contribution in [0.5, 0.6) is 0 Å². The van der Waals surface area contributed by atoms with Gasteiger partial charge in [-0.05, 0) is 30.7 Å². The molecule has 0 aromatic carbocycles. The molecule has 1 N–H and O–H groups in total. The molecule has 1 heteroatoms. The van der Waals surface area contributed by atoms with Crippen molar-refractivity contribution in [3.05, 3.63) is 11.1 Å². The van der Waals surface area contributed by atoms with Crippen molar-refractivity contribution in [2.24, 2.45) is 29.6 Å². The number of hydrogen-bond donors (Lipinski definition) is 1. The molecule has 72 valence electrons. The second kappa shape index (κ2) is 2.20. The number of fused-ring (bicyclic) bond motifs is 2. The average Bonchev–Trinajstić information content (AvgIpc) is 2.06. The van der Waals surface area contributed by atoms with Crippen molar-refractivity contribution in [3.63, 3.8) is 0 Å². The second-order valence-electron chi connectivity index (χ2n) is 5.21. The molecule has 0 saturated heterocycles. The third-order valence-corrected chi connectivity index (χ3v) is 5.03. The first-order valence-electron chi connectivity index (χ1n) is 5.59. The van der Waals surface area contributed by atoms with Crippen molar-refractivity contribution in [1.29, 1.82) is 0 Å². The van der Waals surface area contributed by atoms with E-state index in [4.69, 9.17) is 0 Å². The molecule has 6 atom stereocenters. The number of hydrogen-bond acceptors (Lipinski definition) is 1. The van der Waals surface area contributed by atoms with Gasteiger partial charge in [-0.2, -0.15) is 0 Å². The second-order valence-corrected chi connectivity index (χ2v) is 5.21. The Bertz CT molecular complexity index is 291. The Morgan fingerprint density at radius 2 is 1.54 bits per heavy atom. The smallest absolute Gasteiger partial charge is 0.0167 e. The molecule has 2 fully saturated rings. The maximum atomic E-state index is 3.52. The van der Waals surface area contributed by atoms with Crippen molar-refractivity contribution >= 4 is 0 Å². The van der Waals surface area contributed by atoms with Gasteiger partial charge in [0.05, 0.1) is 0 Å². The van der Waals surface area contributed by atoms with E-state index in [0.717, 1.165) is 35.6 Å². The van der Waals surface area contributed by atoms with Gasteiger partial charge in [-0.1, -0.05) is 31.9 Å². The van der Waals surface area contributed by atoms with E-state index in [1.165, 1.54) is 0 Å². The topological polar surface area (TPSA) is 12.0 Å². The summed E-state index contributed by atoms with van der Waals surface area (Å²) in [5.41, 5.74) is 3.67. The lowest BCUT2D eigenvalue weighted by Crippen LogP contribution is -2.67. The lowest BCUT2D eigenvalue weighted by molar-refractivity contribution is 0.0132. The summed E-state index contributed by atoms with van der Waals surface area (Å²) in [4.78, 5) is 0. The van der Waals surface area contributed by atoms with Crippen LogP contribution < -0.4 is 5.32 Å². The van der Waals surface area contributed by atoms with Gasteiger partial charge in [-0.15, -0.1) is 0 Å². The molecular weight excluding hydrogens is 158 g/mol. The highest BCUT2D eigenvalue weighted by Crippen LogP contribution is 2.70. The molecule has 13 heavy (non-hydrogen) atoms. The predicted molar refractivity (Wildman–Crippen MR) is 54.3 cm³/mol. The van der Waals surface area contributed by atoms with Crippen LogP contribution in [0, 0.1) is 29.6 Å². The van der Waals surface area contributed by atoms with Gasteiger partial charge in [0.1, 0.15) is 0 Å². The molecule has 5 rings (SSSR count). The third-order valence-electron chi connectivity index (χ3n) is 5.03. The lowest BCUT2D eigenvalue weighted by Gasteiger charge is -2.69. The molecule has 6 unspecified atom stereocenters. The molecule has 0 radical (unpaired) electrons. The zero-order chi connectivity index (χ0) is 9.33. The highest BCUT2D eigenvalue weighted by Gasteiger charge is 2.64. The van der Waals surface area contributed by atoms with Gasteiger partial charge in [0.25, 0.3) is 0 Å². The predicted octanol–water partition coefficient (Wildman–Crippen LogP) is 2.05. The van der Waals surface area contributed by atoms with Crippen molar-refractivity contribution in [2.45, 2.75) is 26.8 Å². The Labute approximate surface area is 80.6 Å². The van der Waals surface area contributed by atoms with Crippen LogP contribution in [-0.2, 0) is 0 Å². The number of nitrogens with one attached hydrogen (secondary N) is 1. The number of allylic oxidation sites excluding steroid dienone is 1.